The summed E-state index contributed by atoms with van der Waals surface area (Å²) in [5.41, 5.74) is 3.18. The van der Waals surface area contributed by atoms with Crippen LogP contribution in [0.5, 0.6) is 11.5 Å². The van der Waals surface area contributed by atoms with Crippen LogP contribution in [0, 0.1) is 0 Å². The number of carbonyl (C=O) groups is 2. The van der Waals surface area contributed by atoms with E-state index in [1.54, 1.807) is 14.2 Å². The summed E-state index contributed by atoms with van der Waals surface area (Å²) in [5.74, 6) is 1.69. The highest BCUT2D eigenvalue weighted by Crippen LogP contribution is 2.48. The summed E-state index contributed by atoms with van der Waals surface area (Å²) < 4.78 is 23.5. The average molecular weight is 595 g/mol. The van der Waals surface area contributed by atoms with Gasteiger partial charge in [-0.25, -0.2) is 0 Å². The van der Waals surface area contributed by atoms with Crippen LogP contribution in [-0.4, -0.2) is 37.9 Å². The van der Waals surface area contributed by atoms with Crippen molar-refractivity contribution in [2.45, 2.75) is 76.3 Å². The molecule has 228 valence electrons. The van der Waals surface area contributed by atoms with Crippen molar-refractivity contribution in [1.29, 1.82) is 0 Å². The molecule has 0 radical (unpaired) electrons. The molecule has 2 saturated carbocycles. The van der Waals surface area contributed by atoms with Crippen molar-refractivity contribution in [3.8, 4) is 33.8 Å². The number of rotatable bonds is 8. The van der Waals surface area contributed by atoms with Gasteiger partial charge in [0, 0.05) is 12.1 Å². The largest absolute Gasteiger partial charge is 0.497 e. The van der Waals surface area contributed by atoms with Gasteiger partial charge < -0.3 is 28.9 Å². The standard InChI is InChI=1S/C36H38N2O6/c1-41-25-17-13-21(14-18-25)27-29-31(39)34-30(32(40)33(29)43-35(27)37-23-9-5-3-6-10-23)28(22-15-19-26(42-2)20-16-22)36(44-34)38-24-11-7-4-8-12-24/h13-20,23-24,37-38H,3-12H2,1-2H3. The molecular formula is C36H38N2O6. The lowest BCUT2D eigenvalue weighted by atomic mass is 9.86. The minimum Gasteiger partial charge on any atom is -0.497 e. The van der Waals surface area contributed by atoms with E-state index in [9.17, 15) is 9.59 Å². The molecule has 2 heterocycles. The number of hydrogen-bond donors (Lipinski definition) is 2. The van der Waals surface area contributed by atoms with Crippen molar-refractivity contribution >= 4 is 23.3 Å². The van der Waals surface area contributed by atoms with Crippen LogP contribution in [0.4, 0.5) is 11.8 Å². The van der Waals surface area contributed by atoms with Gasteiger partial charge in [-0.3, -0.25) is 9.59 Å². The first kappa shape index (κ1) is 28.3. The van der Waals surface area contributed by atoms with Gasteiger partial charge in [0.05, 0.1) is 36.5 Å². The number of ketones is 2. The van der Waals surface area contributed by atoms with Gasteiger partial charge in [-0.05, 0) is 61.1 Å². The Morgan fingerprint density at radius 3 is 1.25 bits per heavy atom. The van der Waals surface area contributed by atoms with Crippen LogP contribution in [0.2, 0.25) is 0 Å². The second-order valence-corrected chi connectivity index (χ2v) is 12.1. The number of benzene rings is 2. The molecule has 8 nitrogen and oxygen atoms in total. The molecule has 2 aromatic heterocycles. The number of carbonyl (C=O) groups excluding carboxylic acids is 2. The second kappa shape index (κ2) is 11.9. The summed E-state index contributed by atoms with van der Waals surface area (Å²) in [6.45, 7) is 0. The highest BCUT2D eigenvalue weighted by molar-refractivity contribution is 6.31. The SMILES string of the molecule is COc1ccc(-c2c(NC3CCCCC3)oc3c2C(=O)c2oc(NC4CCCCC4)c(-c4ccc(OC)cc4)c2C3=O)cc1. The van der Waals surface area contributed by atoms with E-state index < -0.39 is 0 Å². The van der Waals surface area contributed by atoms with Crippen molar-refractivity contribution in [1.82, 2.24) is 0 Å². The topological polar surface area (TPSA) is 103 Å². The normalized spacial score (nSPS) is 17.2. The van der Waals surface area contributed by atoms with Crippen molar-refractivity contribution in [3.05, 3.63) is 71.2 Å². The van der Waals surface area contributed by atoms with Crippen LogP contribution in [0.25, 0.3) is 22.3 Å². The molecule has 4 aromatic rings. The van der Waals surface area contributed by atoms with Crippen LogP contribution < -0.4 is 20.1 Å². The third-order valence-electron chi connectivity index (χ3n) is 9.32. The van der Waals surface area contributed by atoms with Gasteiger partial charge in [-0.15, -0.1) is 0 Å². The Bertz CT molecular complexity index is 1540. The van der Waals surface area contributed by atoms with E-state index in [0.29, 0.717) is 34.4 Å². The molecule has 0 atom stereocenters. The fourth-order valence-corrected chi connectivity index (χ4v) is 6.98. The fraction of sp³-hybridized carbons (Fsp3) is 0.389. The maximum absolute atomic E-state index is 14.5. The first-order valence-corrected chi connectivity index (χ1v) is 15.8. The smallest absolute Gasteiger partial charge is 0.233 e. The summed E-state index contributed by atoms with van der Waals surface area (Å²) in [4.78, 5) is 28.9. The van der Waals surface area contributed by atoms with Crippen molar-refractivity contribution < 1.29 is 27.9 Å². The van der Waals surface area contributed by atoms with E-state index in [4.69, 9.17) is 18.3 Å². The lowest BCUT2D eigenvalue weighted by molar-refractivity contribution is 0.0945. The zero-order valence-electron chi connectivity index (χ0n) is 25.3. The lowest BCUT2D eigenvalue weighted by Crippen LogP contribution is -2.22. The first-order valence-electron chi connectivity index (χ1n) is 15.8. The third-order valence-corrected chi connectivity index (χ3v) is 9.32. The summed E-state index contributed by atoms with van der Waals surface area (Å²) in [6.07, 6.45) is 11.0. The molecule has 3 aliphatic carbocycles. The van der Waals surface area contributed by atoms with Gasteiger partial charge >= 0.3 is 0 Å². The second-order valence-electron chi connectivity index (χ2n) is 12.1. The molecule has 0 aliphatic heterocycles. The van der Waals surface area contributed by atoms with E-state index >= 15 is 0 Å². The van der Waals surface area contributed by atoms with Gasteiger partial charge in [0.25, 0.3) is 0 Å². The molecule has 44 heavy (non-hydrogen) atoms. The molecule has 0 amide bonds. The maximum Gasteiger partial charge on any atom is 0.233 e. The molecule has 2 fully saturated rings. The monoisotopic (exact) mass is 594 g/mol. The zero-order valence-corrected chi connectivity index (χ0v) is 25.3. The minimum atomic E-state index is -0.354. The van der Waals surface area contributed by atoms with Gasteiger partial charge in [-0.2, -0.15) is 0 Å². The predicted octanol–water partition coefficient (Wildman–Crippen LogP) is 8.49. The summed E-state index contributed by atoms with van der Waals surface area (Å²) >= 11 is 0. The zero-order chi connectivity index (χ0) is 30.2. The van der Waals surface area contributed by atoms with E-state index in [0.717, 1.165) is 62.5 Å². The summed E-state index contributed by atoms with van der Waals surface area (Å²) in [7, 11) is 3.23. The fourth-order valence-electron chi connectivity index (χ4n) is 6.98. The molecule has 0 saturated heterocycles. The molecular weight excluding hydrogens is 556 g/mol. The number of nitrogens with one attached hydrogen (secondary N) is 2. The molecule has 0 bridgehead atoms. The van der Waals surface area contributed by atoms with Crippen LogP contribution >= 0.6 is 0 Å². The molecule has 2 N–H and O–H groups in total. The first-order chi connectivity index (χ1) is 21.6. The van der Waals surface area contributed by atoms with Gasteiger partial charge in [-0.1, -0.05) is 62.8 Å². The Morgan fingerprint density at radius 1 is 0.545 bits per heavy atom. The Labute approximate surface area is 257 Å². The van der Waals surface area contributed by atoms with Crippen molar-refractivity contribution in [2.75, 3.05) is 24.9 Å². The van der Waals surface area contributed by atoms with Crippen LogP contribution in [0.1, 0.15) is 96.4 Å². The van der Waals surface area contributed by atoms with Crippen LogP contribution in [-0.2, 0) is 0 Å². The molecule has 0 unspecified atom stereocenters. The van der Waals surface area contributed by atoms with Crippen LogP contribution in [0.15, 0.2) is 57.4 Å². The summed E-state index contributed by atoms with van der Waals surface area (Å²) in [6, 6.07) is 15.4. The number of anilines is 2. The lowest BCUT2D eigenvalue weighted by Gasteiger charge is -2.23. The van der Waals surface area contributed by atoms with E-state index in [1.807, 2.05) is 48.5 Å². The van der Waals surface area contributed by atoms with Crippen LogP contribution in [0.3, 0.4) is 0 Å². The Hall–Kier alpha value is -4.46. The highest BCUT2D eigenvalue weighted by atomic mass is 16.5. The van der Waals surface area contributed by atoms with Gasteiger partial charge in [0.15, 0.2) is 11.5 Å². The number of furan rings is 2. The van der Waals surface area contributed by atoms with Crippen molar-refractivity contribution in [2.24, 2.45) is 0 Å². The molecule has 8 heteroatoms. The van der Waals surface area contributed by atoms with Gasteiger partial charge in [0.2, 0.25) is 23.3 Å². The third kappa shape index (κ3) is 5.06. The number of ether oxygens (including phenoxy) is 2. The average Bonchev–Trinajstić information content (AvgIpc) is 3.64. The molecule has 2 aromatic carbocycles. The molecule has 3 aliphatic rings. The van der Waals surface area contributed by atoms with E-state index in [1.165, 1.54) is 12.8 Å². The minimum absolute atomic E-state index is 0.0476. The quantitative estimate of drug-likeness (QED) is 0.184. The molecule has 0 spiro atoms. The van der Waals surface area contributed by atoms with E-state index in [-0.39, 0.29) is 46.3 Å². The number of hydrogen-bond acceptors (Lipinski definition) is 8. The number of fused-ring (bicyclic) bond motifs is 2. The maximum atomic E-state index is 14.5. The Morgan fingerprint density at radius 2 is 0.909 bits per heavy atom. The van der Waals surface area contributed by atoms with E-state index in [2.05, 4.69) is 10.6 Å². The molecule has 7 rings (SSSR count). The predicted molar refractivity (Wildman–Crippen MR) is 169 cm³/mol. The summed E-state index contributed by atoms with van der Waals surface area (Å²) in [5, 5.41) is 7.12. The van der Waals surface area contributed by atoms with Crippen molar-refractivity contribution in [3.63, 3.8) is 0 Å². The Kier molecular flexibility index (Phi) is 7.66. The Balaban J connectivity index is 1.37. The number of methoxy groups -OCH3 is 2. The highest BCUT2D eigenvalue weighted by Gasteiger charge is 2.44. The van der Waals surface area contributed by atoms with Gasteiger partial charge in [0.1, 0.15) is 11.5 Å².